The van der Waals surface area contributed by atoms with Crippen molar-refractivity contribution >= 4 is 11.4 Å². The van der Waals surface area contributed by atoms with Crippen LogP contribution in [-0.4, -0.2) is 10.2 Å². The molecular weight excluding hydrogens is 274 g/mol. The third-order valence-corrected chi connectivity index (χ3v) is 2.93. The van der Waals surface area contributed by atoms with Gasteiger partial charge in [0.1, 0.15) is 11.4 Å². The zero-order chi connectivity index (χ0) is 15.2. The predicted octanol–water partition coefficient (Wildman–Crippen LogP) is 3.18. The first-order chi connectivity index (χ1) is 10.1. The van der Waals surface area contributed by atoms with Gasteiger partial charge in [0, 0.05) is 13.1 Å². The number of hydrogen-bond donors (Lipinski definition) is 3. The summed E-state index contributed by atoms with van der Waals surface area (Å²) in [6.45, 7) is 0.911. The fraction of sp³-hybridized carbons (Fsp3) is 0.143. The molecule has 0 aliphatic carbocycles. The summed E-state index contributed by atoms with van der Waals surface area (Å²) < 4.78 is 0. The molecule has 0 atom stereocenters. The lowest BCUT2D eigenvalue weighted by Crippen LogP contribution is -2.12. The van der Waals surface area contributed by atoms with Crippen LogP contribution in [0.3, 0.4) is 0 Å². The van der Waals surface area contributed by atoms with Gasteiger partial charge in [-0.05, 0) is 45.7 Å². The Morgan fingerprint density at radius 1 is 0.810 bits per heavy atom. The van der Waals surface area contributed by atoms with Crippen LogP contribution in [-0.2, 0) is 13.1 Å². The quantitative estimate of drug-likeness (QED) is 0.558. The molecule has 7 nitrogen and oxygen atoms in total. The summed E-state index contributed by atoms with van der Waals surface area (Å²) >= 11 is 0. The number of hydrogen-bond acceptors (Lipinski definition) is 7. The maximum Gasteiger partial charge on any atom is 0.157 e. The van der Waals surface area contributed by atoms with E-state index in [0.717, 1.165) is 11.1 Å². The Balaban J connectivity index is 1.98. The smallest absolute Gasteiger partial charge is 0.157 e. The summed E-state index contributed by atoms with van der Waals surface area (Å²) in [6.07, 6.45) is 0. The lowest BCUT2D eigenvalue weighted by atomic mass is 10.1. The van der Waals surface area contributed by atoms with Gasteiger partial charge in [-0.2, -0.15) is 0 Å². The molecule has 0 bridgehead atoms. The number of nitroso groups, excluding NO2 is 2. The molecule has 0 spiro atoms. The van der Waals surface area contributed by atoms with Crippen molar-refractivity contribution in [3.63, 3.8) is 0 Å². The average molecular weight is 287 g/mol. The van der Waals surface area contributed by atoms with E-state index in [2.05, 4.69) is 15.7 Å². The Morgan fingerprint density at radius 3 is 2.05 bits per heavy atom. The van der Waals surface area contributed by atoms with Crippen molar-refractivity contribution in [2.24, 2.45) is 10.4 Å². The second kappa shape index (κ2) is 6.58. The topological polar surface area (TPSA) is 111 Å². The monoisotopic (exact) mass is 287 g/mol. The van der Waals surface area contributed by atoms with Crippen molar-refractivity contribution < 1.29 is 10.2 Å². The van der Waals surface area contributed by atoms with E-state index in [-0.39, 0.29) is 22.9 Å². The Labute approximate surface area is 120 Å². The largest absolute Gasteiger partial charge is 0.504 e. The third kappa shape index (κ3) is 3.61. The van der Waals surface area contributed by atoms with E-state index in [1.165, 1.54) is 24.3 Å². The molecule has 0 aliphatic rings. The fourth-order valence-corrected chi connectivity index (χ4v) is 1.86. The van der Waals surface area contributed by atoms with Gasteiger partial charge in [0.2, 0.25) is 0 Å². The summed E-state index contributed by atoms with van der Waals surface area (Å²) in [7, 11) is 0. The number of phenols is 2. The molecule has 108 valence electrons. The van der Waals surface area contributed by atoms with Crippen molar-refractivity contribution in [3.05, 3.63) is 57.3 Å². The van der Waals surface area contributed by atoms with Gasteiger partial charge in [-0.25, -0.2) is 0 Å². The highest BCUT2D eigenvalue weighted by Gasteiger charge is 2.05. The number of benzene rings is 2. The Kier molecular flexibility index (Phi) is 4.57. The highest BCUT2D eigenvalue weighted by Crippen LogP contribution is 2.28. The lowest BCUT2D eigenvalue weighted by Gasteiger charge is -2.07. The molecular formula is C14H13N3O4. The van der Waals surface area contributed by atoms with Gasteiger partial charge >= 0.3 is 0 Å². The maximum atomic E-state index is 10.6. The van der Waals surface area contributed by atoms with Crippen LogP contribution in [0.4, 0.5) is 11.4 Å². The minimum atomic E-state index is -0.178. The van der Waals surface area contributed by atoms with Gasteiger partial charge in [0.15, 0.2) is 11.5 Å². The first-order valence-corrected chi connectivity index (χ1v) is 6.15. The average Bonchev–Trinajstić information content (AvgIpc) is 2.50. The Hall–Kier alpha value is -2.80. The third-order valence-electron chi connectivity index (χ3n) is 2.93. The molecule has 0 aliphatic heterocycles. The van der Waals surface area contributed by atoms with E-state index >= 15 is 0 Å². The minimum absolute atomic E-state index is 0.00609. The molecule has 0 aromatic heterocycles. The van der Waals surface area contributed by atoms with E-state index in [9.17, 15) is 20.0 Å². The first-order valence-electron chi connectivity index (χ1n) is 6.15. The normalized spacial score (nSPS) is 10.3. The molecule has 0 radical (unpaired) electrons. The van der Waals surface area contributed by atoms with E-state index < -0.39 is 0 Å². The Bertz CT molecular complexity index is 673. The highest BCUT2D eigenvalue weighted by atomic mass is 16.3. The van der Waals surface area contributed by atoms with Gasteiger partial charge in [-0.1, -0.05) is 12.1 Å². The molecule has 0 saturated carbocycles. The molecule has 3 N–H and O–H groups in total. The van der Waals surface area contributed by atoms with Crippen LogP contribution in [0, 0.1) is 9.81 Å². The van der Waals surface area contributed by atoms with Gasteiger partial charge in [0.05, 0.1) is 0 Å². The molecule has 21 heavy (non-hydrogen) atoms. The van der Waals surface area contributed by atoms with Crippen LogP contribution >= 0.6 is 0 Å². The number of rotatable bonds is 6. The molecule has 2 aromatic rings. The van der Waals surface area contributed by atoms with Crippen molar-refractivity contribution in [1.29, 1.82) is 0 Å². The van der Waals surface area contributed by atoms with Crippen LogP contribution in [0.2, 0.25) is 0 Å². The molecule has 0 saturated heterocycles. The van der Waals surface area contributed by atoms with Gasteiger partial charge in [-0.15, -0.1) is 9.81 Å². The van der Waals surface area contributed by atoms with Gasteiger partial charge in [0.25, 0.3) is 0 Å². The first kappa shape index (κ1) is 14.6. The summed E-state index contributed by atoms with van der Waals surface area (Å²) in [5, 5.41) is 27.2. The van der Waals surface area contributed by atoms with Crippen LogP contribution in [0.1, 0.15) is 11.1 Å². The van der Waals surface area contributed by atoms with E-state index in [0.29, 0.717) is 13.1 Å². The highest BCUT2D eigenvalue weighted by molar-refractivity contribution is 5.62. The number of nitrogens with zero attached hydrogens (tertiary/aromatic N) is 2. The van der Waals surface area contributed by atoms with Gasteiger partial charge < -0.3 is 15.5 Å². The lowest BCUT2D eigenvalue weighted by molar-refractivity contribution is 0.403. The van der Waals surface area contributed by atoms with Crippen molar-refractivity contribution in [3.8, 4) is 11.5 Å². The summed E-state index contributed by atoms with van der Waals surface area (Å²) in [4.78, 5) is 21.0. The number of phenolic OH excluding ortho intramolecular Hbond substituents is 2. The fourth-order valence-electron chi connectivity index (χ4n) is 1.86. The molecule has 2 rings (SSSR count). The summed E-state index contributed by atoms with van der Waals surface area (Å²) in [5.74, 6) is -0.347. The number of aromatic hydroxyl groups is 2. The van der Waals surface area contributed by atoms with E-state index in [1.807, 2.05) is 0 Å². The standard InChI is InChI=1S/C14H13N3O4/c18-13-4-2-10(6-14(13)19)8-15-7-9-1-3-11(16-20)12(5-9)17-21/h1-6,15,18-19H,7-8H2. The maximum absolute atomic E-state index is 10.6. The molecule has 0 unspecified atom stereocenters. The second-order valence-corrected chi connectivity index (χ2v) is 4.43. The molecule has 0 amide bonds. The van der Waals surface area contributed by atoms with Crippen molar-refractivity contribution in [1.82, 2.24) is 5.32 Å². The van der Waals surface area contributed by atoms with Crippen LogP contribution in [0.5, 0.6) is 11.5 Å². The SMILES string of the molecule is O=Nc1ccc(CNCc2ccc(O)c(O)c2)cc1N=O. The molecule has 0 heterocycles. The van der Waals surface area contributed by atoms with Crippen LogP contribution in [0.25, 0.3) is 0 Å². The van der Waals surface area contributed by atoms with Crippen LogP contribution < -0.4 is 5.32 Å². The zero-order valence-corrected chi connectivity index (χ0v) is 11.0. The van der Waals surface area contributed by atoms with E-state index in [4.69, 9.17) is 0 Å². The molecule has 0 fully saturated rings. The predicted molar refractivity (Wildman–Crippen MR) is 77.7 cm³/mol. The zero-order valence-electron chi connectivity index (χ0n) is 11.0. The summed E-state index contributed by atoms with van der Waals surface area (Å²) in [5.41, 5.74) is 1.59. The van der Waals surface area contributed by atoms with E-state index in [1.54, 1.807) is 12.1 Å². The van der Waals surface area contributed by atoms with Crippen molar-refractivity contribution in [2.45, 2.75) is 13.1 Å². The van der Waals surface area contributed by atoms with Crippen molar-refractivity contribution in [2.75, 3.05) is 0 Å². The minimum Gasteiger partial charge on any atom is -0.504 e. The molecule has 7 heteroatoms. The second-order valence-electron chi connectivity index (χ2n) is 4.43. The number of nitrogens with one attached hydrogen (secondary N) is 1. The molecule has 2 aromatic carbocycles. The Morgan fingerprint density at radius 2 is 1.43 bits per heavy atom. The summed E-state index contributed by atoms with van der Waals surface area (Å²) in [6, 6.07) is 9.15. The van der Waals surface area contributed by atoms with Crippen LogP contribution in [0.15, 0.2) is 46.8 Å². The van der Waals surface area contributed by atoms with Gasteiger partial charge in [-0.3, -0.25) is 0 Å².